The number of hydrogen-bond donors (Lipinski definition) is 1. The van der Waals surface area contributed by atoms with Gasteiger partial charge in [-0.3, -0.25) is 4.90 Å². The second kappa shape index (κ2) is 8.99. The summed E-state index contributed by atoms with van der Waals surface area (Å²) in [4.78, 5) is 15.1. The number of halogens is 3. The molecule has 2 fully saturated rings. The highest BCUT2D eigenvalue weighted by Crippen LogP contribution is 2.32. The lowest BCUT2D eigenvalue weighted by molar-refractivity contribution is -0.137. The van der Waals surface area contributed by atoms with Gasteiger partial charge in [0.15, 0.2) is 0 Å². The number of carboxylic acid groups (broad SMARTS) is 1. The number of piperazine rings is 1. The first-order valence-corrected chi connectivity index (χ1v) is 9.88. The maximum Gasteiger partial charge on any atom is 0.416 e. The summed E-state index contributed by atoms with van der Waals surface area (Å²) in [6.45, 7) is 4.17. The predicted molar refractivity (Wildman–Crippen MR) is 102 cm³/mol. The highest BCUT2D eigenvalue weighted by Gasteiger charge is 2.31. The molecule has 3 rings (SSSR count). The molecule has 0 spiro atoms. The molecule has 0 amide bonds. The first-order valence-electron chi connectivity index (χ1n) is 9.88. The molecule has 2 aliphatic rings. The van der Waals surface area contributed by atoms with Crippen LogP contribution in [0.4, 0.5) is 18.9 Å². The molecule has 1 N–H and O–H groups in total. The van der Waals surface area contributed by atoms with Gasteiger partial charge in [-0.2, -0.15) is 13.2 Å². The van der Waals surface area contributed by atoms with Gasteiger partial charge in [-0.25, -0.2) is 4.79 Å². The largest absolute Gasteiger partial charge is 0.478 e. The summed E-state index contributed by atoms with van der Waals surface area (Å²) in [5, 5.41) is 8.82. The first-order chi connectivity index (χ1) is 13.3. The lowest BCUT2D eigenvalue weighted by Gasteiger charge is -2.37. The van der Waals surface area contributed by atoms with Gasteiger partial charge in [-0.15, -0.1) is 0 Å². The van der Waals surface area contributed by atoms with Crippen LogP contribution < -0.4 is 4.90 Å². The van der Waals surface area contributed by atoms with E-state index in [1.54, 1.807) is 6.07 Å². The molecule has 1 aromatic carbocycles. The van der Waals surface area contributed by atoms with E-state index in [1.165, 1.54) is 18.2 Å². The average molecular weight is 396 g/mol. The van der Waals surface area contributed by atoms with Crippen LogP contribution >= 0.6 is 0 Å². The van der Waals surface area contributed by atoms with Crippen molar-refractivity contribution in [2.75, 3.05) is 37.6 Å². The van der Waals surface area contributed by atoms with Crippen LogP contribution in [0.1, 0.15) is 37.7 Å². The second-order valence-corrected chi connectivity index (χ2v) is 7.75. The molecule has 1 aliphatic heterocycles. The molecule has 1 heterocycles. The third kappa shape index (κ3) is 5.74. The van der Waals surface area contributed by atoms with E-state index in [9.17, 15) is 18.0 Å². The Hall–Kier alpha value is -2.02. The van der Waals surface area contributed by atoms with Crippen molar-refractivity contribution in [3.63, 3.8) is 0 Å². The number of benzene rings is 1. The fourth-order valence-electron chi connectivity index (χ4n) is 4.13. The first kappa shape index (κ1) is 20.7. The van der Waals surface area contributed by atoms with E-state index in [1.807, 2.05) is 4.90 Å². The quantitative estimate of drug-likeness (QED) is 0.749. The molecular formula is C21H27F3N2O2. The molecule has 0 atom stereocenters. The van der Waals surface area contributed by atoms with Crippen molar-refractivity contribution >= 4 is 11.7 Å². The smallest absolute Gasteiger partial charge is 0.416 e. The minimum absolute atomic E-state index is 0.596. The Balaban J connectivity index is 1.42. The Morgan fingerprint density at radius 3 is 2.43 bits per heavy atom. The van der Waals surface area contributed by atoms with Crippen LogP contribution in [0.2, 0.25) is 0 Å². The highest BCUT2D eigenvalue weighted by atomic mass is 19.4. The standard InChI is InChI=1S/C21H27F3N2O2/c22-21(23,24)18-2-1-3-19(15-18)26-12-10-25(11-13-26)9-8-16-4-6-17(7-5-16)14-20(27)28/h1-3,14-16H,4-13H2,(H,27,28). The van der Waals surface area contributed by atoms with E-state index in [-0.39, 0.29) is 0 Å². The van der Waals surface area contributed by atoms with Crippen LogP contribution in [0.5, 0.6) is 0 Å². The fraction of sp³-hybridized carbons (Fsp3) is 0.571. The molecule has 0 aromatic heterocycles. The van der Waals surface area contributed by atoms with Crippen LogP contribution in [-0.2, 0) is 11.0 Å². The number of anilines is 1. The summed E-state index contributed by atoms with van der Waals surface area (Å²) in [5.41, 5.74) is 1.08. The molecule has 0 bridgehead atoms. The Morgan fingerprint density at radius 1 is 1.14 bits per heavy atom. The molecule has 0 unspecified atom stereocenters. The van der Waals surface area contributed by atoms with Gasteiger partial charge in [0, 0.05) is 37.9 Å². The van der Waals surface area contributed by atoms with Crippen molar-refractivity contribution < 1.29 is 23.1 Å². The summed E-state index contributed by atoms with van der Waals surface area (Å²) < 4.78 is 38.7. The van der Waals surface area contributed by atoms with Gasteiger partial charge < -0.3 is 10.0 Å². The van der Waals surface area contributed by atoms with Crippen LogP contribution in [0.15, 0.2) is 35.9 Å². The third-order valence-electron chi connectivity index (χ3n) is 5.84. The van der Waals surface area contributed by atoms with E-state index in [0.717, 1.165) is 76.5 Å². The average Bonchev–Trinajstić information content (AvgIpc) is 2.67. The molecule has 1 aliphatic carbocycles. The summed E-state index contributed by atoms with van der Waals surface area (Å²) in [7, 11) is 0. The SMILES string of the molecule is O=C(O)C=C1CCC(CCN2CCN(c3cccc(C(F)(F)F)c3)CC2)CC1. The van der Waals surface area contributed by atoms with E-state index in [2.05, 4.69) is 4.90 Å². The summed E-state index contributed by atoms with van der Waals surface area (Å²) in [6, 6.07) is 5.57. The number of rotatable bonds is 5. The van der Waals surface area contributed by atoms with Gasteiger partial charge in [0.25, 0.3) is 0 Å². The number of carbonyl (C=O) groups is 1. The van der Waals surface area contributed by atoms with Gasteiger partial charge in [0.2, 0.25) is 0 Å². The van der Waals surface area contributed by atoms with Crippen LogP contribution in [0, 0.1) is 5.92 Å². The summed E-state index contributed by atoms with van der Waals surface area (Å²) in [6.07, 6.45) is 1.98. The number of nitrogens with zero attached hydrogens (tertiary/aromatic N) is 2. The number of aliphatic carboxylic acids is 1. The fourth-order valence-corrected chi connectivity index (χ4v) is 4.13. The van der Waals surface area contributed by atoms with Crippen molar-refractivity contribution in [1.29, 1.82) is 0 Å². The van der Waals surface area contributed by atoms with E-state index in [0.29, 0.717) is 11.6 Å². The lowest BCUT2D eigenvalue weighted by Crippen LogP contribution is -2.47. The minimum atomic E-state index is -4.31. The predicted octanol–water partition coefficient (Wildman–Crippen LogP) is 4.42. The molecule has 1 aromatic rings. The van der Waals surface area contributed by atoms with Gasteiger partial charge in [-0.05, 0) is 62.8 Å². The van der Waals surface area contributed by atoms with Gasteiger partial charge >= 0.3 is 12.1 Å². The summed E-state index contributed by atoms with van der Waals surface area (Å²) in [5.74, 6) is -0.223. The van der Waals surface area contributed by atoms with E-state index < -0.39 is 17.7 Å². The van der Waals surface area contributed by atoms with E-state index in [4.69, 9.17) is 5.11 Å². The van der Waals surface area contributed by atoms with Crippen LogP contribution in [0.25, 0.3) is 0 Å². The zero-order valence-electron chi connectivity index (χ0n) is 15.9. The van der Waals surface area contributed by atoms with E-state index >= 15 is 0 Å². The molecule has 154 valence electrons. The maximum absolute atomic E-state index is 12.9. The van der Waals surface area contributed by atoms with Gasteiger partial charge in [-0.1, -0.05) is 11.6 Å². The Morgan fingerprint density at radius 2 is 1.82 bits per heavy atom. The Kier molecular flexibility index (Phi) is 6.65. The topological polar surface area (TPSA) is 43.8 Å². The minimum Gasteiger partial charge on any atom is -0.478 e. The van der Waals surface area contributed by atoms with Crippen molar-refractivity contribution in [2.24, 2.45) is 5.92 Å². The maximum atomic E-state index is 12.9. The summed E-state index contributed by atoms with van der Waals surface area (Å²) >= 11 is 0. The van der Waals surface area contributed by atoms with Crippen molar-refractivity contribution in [2.45, 2.75) is 38.3 Å². The third-order valence-corrected chi connectivity index (χ3v) is 5.84. The number of hydrogen-bond acceptors (Lipinski definition) is 3. The van der Waals surface area contributed by atoms with Gasteiger partial charge in [0.1, 0.15) is 0 Å². The molecule has 28 heavy (non-hydrogen) atoms. The molecule has 7 heteroatoms. The zero-order valence-corrected chi connectivity index (χ0v) is 15.9. The number of alkyl halides is 3. The van der Waals surface area contributed by atoms with Gasteiger partial charge in [0.05, 0.1) is 5.56 Å². The highest BCUT2D eigenvalue weighted by molar-refractivity contribution is 5.80. The van der Waals surface area contributed by atoms with Crippen molar-refractivity contribution in [1.82, 2.24) is 4.90 Å². The lowest BCUT2D eigenvalue weighted by atomic mass is 9.83. The molecule has 0 radical (unpaired) electrons. The monoisotopic (exact) mass is 396 g/mol. The molecule has 1 saturated carbocycles. The number of carboxylic acids is 1. The Bertz CT molecular complexity index is 700. The zero-order chi connectivity index (χ0) is 20.1. The second-order valence-electron chi connectivity index (χ2n) is 7.75. The van der Waals surface area contributed by atoms with Crippen LogP contribution in [-0.4, -0.2) is 48.7 Å². The number of allylic oxidation sites excluding steroid dienone is 1. The van der Waals surface area contributed by atoms with Crippen molar-refractivity contribution in [3.05, 3.63) is 41.5 Å². The van der Waals surface area contributed by atoms with Crippen molar-refractivity contribution in [3.8, 4) is 0 Å². The van der Waals surface area contributed by atoms with Crippen LogP contribution in [0.3, 0.4) is 0 Å². The molecule has 1 saturated heterocycles. The molecule has 4 nitrogen and oxygen atoms in total. The normalized spacial score (nSPS) is 21.6. The molecular weight excluding hydrogens is 369 g/mol. The Labute approximate surface area is 163 Å².